The van der Waals surface area contributed by atoms with Crippen LogP contribution in [0.25, 0.3) is 0 Å². The van der Waals surface area contributed by atoms with Gasteiger partial charge in [0.2, 0.25) is 0 Å². The molecule has 0 aliphatic carbocycles. The number of piperazine rings is 1. The van der Waals surface area contributed by atoms with Gasteiger partial charge in [0.1, 0.15) is 5.75 Å². The van der Waals surface area contributed by atoms with Crippen molar-refractivity contribution in [1.29, 1.82) is 0 Å². The van der Waals surface area contributed by atoms with Crippen LogP contribution < -0.4 is 9.64 Å². The number of fused-ring (bicyclic) bond motifs is 1. The maximum absolute atomic E-state index is 13.1. The van der Waals surface area contributed by atoms with E-state index in [0.717, 1.165) is 31.0 Å². The molecule has 0 radical (unpaired) electrons. The van der Waals surface area contributed by atoms with Crippen LogP contribution in [0.2, 0.25) is 0 Å². The van der Waals surface area contributed by atoms with E-state index in [1.807, 2.05) is 11.8 Å². The van der Waals surface area contributed by atoms with Gasteiger partial charge < -0.3 is 9.64 Å². The summed E-state index contributed by atoms with van der Waals surface area (Å²) in [5, 5.41) is 0. The van der Waals surface area contributed by atoms with Crippen molar-refractivity contribution in [2.75, 3.05) is 44.2 Å². The van der Waals surface area contributed by atoms with E-state index in [1.54, 1.807) is 42.5 Å². The first kappa shape index (κ1) is 24.0. The van der Waals surface area contributed by atoms with Gasteiger partial charge in [0.25, 0.3) is 17.7 Å². The first-order chi connectivity index (χ1) is 16.2. The van der Waals surface area contributed by atoms with Gasteiger partial charge >= 0.3 is 0 Å². The standard InChI is InChI=1S/C27H33N3O4/c1-5-34-21-9-7-20(8-10-21)30-25(32)22-11-6-19(18-23(22)26(30)33)24(31)29-16-14-28(15-17-29)13-12-27(2,3)4/h6-11,18H,5,12-17H2,1-4H3. The minimum Gasteiger partial charge on any atom is -0.494 e. The molecule has 0 atom stereocenters. The van der Waals surface area contributed by atoms with Crippen molar-refractivity contribution >= 4 is 23.4 Å². The quantitative estimate of drug-likeness (QED) is 0.604. The third-order valence-corrected chi connectivity index (χ3v) is 6.38. The lowest BCUT2D eigenvalue weighted by molar-refractivity contribution is 0.0623. The van der Waals surface area contributed by atoms with E-state index in [1.165, 1.54) is 0 Å². The predicted octanol–water partition coefficient (Wildman–Crippen LogP) is 4.08. The minimum atomic E-state index is -0.411. The summed E-state index contributed by atoms with van der Waals surface area (Å²) in [6, 6.07) is 11.7. The average Bonchev–Trinajstić information content (AvgIpc) is 3.07. The van der Waals surface area contributed by atoms with Gasteiger partial charge in [0.05, 0.1) is 23.4 Å². The Kier molecular flexibility index (Phi) is 6.75. The van der Waals surface area contributed by atoms with Crippen LogP contribution >= 0.6 is 0 Å². The van der Waals surface area contributed by atoms with E-state index in [2.05, 4.69) is 25.7 Å². The number of anilines is 1. The molecule has 2 aliphatic rings. The molecule has 7 heteroatoms. The lowest BCUT2D eigenvalue weighted by Crippen LogP contribution is -2.49. The molecule has 0 aromatic heterocycles. The maximum Gasteiger partial charge on any atom is 0.266 e. The van der Waals surface area contributed by atoms with Crippen molar-refractivity contribution in [3.05, 3.63) is 59.2 Å². The molecular formula is C27H33N3O4. The van der Waals surface area contributed by atoms with E-state index in [-0.39, 0.29) is 17.4 Å². The first-order valence-electron chi connectivity index (χ1n) is 12.0. The van der Waals surface area contributed by atoms with E-state index >= 15 is 0 Å². The zero-order valence-electron chi connectivity index (χ0n) is 20.5. The van der Waals surface area contributed by atoms with Crippen LogP contribution in [0.1, 0.15) is 65.2 Å². The van der Waals surface area contributed by atoms with Gasteiger partial charge in [0, 0.05) is 31.7 Å². The normalized spacial score (nSPS) is 16.7. The van der Waals surface area contributed by atoms with Gasteiger partial charge in [-0.2, -0.15) is 0 Å². The minimum absolute atomic E-state index is 0.0990. The molecule has 0 saturated carbocycles. The summed E-state index contributed by atoms with van der Waals surface area (Å²) >= 11 is 0. The molecule has 0 bridgehead atoms. The molecule has 2 aromatic carbocycles. The molecule has 7 nitrogen and oxygen atoms in total. The summed E-state index contributed by atoms with van der Waals surface area (Å²) in [5.41, 5.74) is 1.81. The summed E-state index contributed by atoms with van der Waals surface area (Å²) in [6.07, 6.45) is 1.12. The van der Waals surface area contributed by atoms with Gasteiger partial charge in [0.15, 0.2) is 0 Å². The van der Waals surface area contributed by atoms with Crippen LogP contribution in [-0.2, 0) is 0 Å². The van der Waals surface area contributed by atoms with Crippen LogP contribution in [0.3, 0.4) is 0 Å². The molecule has 0 N–H and O–H groups in total. The number of rotatable bonds is 6. The summed E-state index contributed by atoms with van der Waals surface area (Å²) in [4.78, 5) is 44.6. The second-order valence-corrected chi connectivity index (χ2v) is 10.1. The molecule has 2 aromatic rings. The van der Waals surface area contributed by atoms with Gasteiger partial charge in [-0.05, 0) is 67.8 Å². The van der Waals surface area contributed by atoms with E-state index in [9.17, 15) is 14.4 Å². The Hall–Kier alpha value is -3.19. The molecule has 1 saturated heterocycles. The smallest absolute Gasteiger partial charge is 0.266 e. The Bertz CT molecular complexity index is 1080. The summed E-state index contributed by atoms with van der Waals surface area (Å²) in [7, 11) is 0. The fourth-order valence-electron chi connectivity index (χ4n) is 4.32. The number of nitrogens with zero attached hydrogens (tertiary/aromatic N) is 3. The monoisotopic (exact) mass is 463 g/mol. The highest BCUT2D eigenvalue weighted by molar-refractivity contribution is 6.34. The van der Waals surface area contributed by atoms with Crippen LogP contribution in [0.15, 0.2) is 42.5 Å². The molecule has 0 spiro atoms. The number of amides is 3. The second-order valence-electron chi connectivity index (χ2n) is 10.1. The van der Waals surface area contributed by atoms with Crippen LogP contribution in [0.4, 0.5) is 5.69 Å². The Morgan fingerprint density at radius 2 is 1.56 bits per heavy atom. The van der Waals surface area contributed by atoms with Gasteiger partial charge in [-0.1, -0.05) is 20.8 Å². The van der Waals surface area contributed by atoms with Crippen LogP contribution in [0.5, 0.6) is 5.75 Å². The number of benzene rings is 2. The highest BCUT2D eigenvalue weighted by atomic mass is 16.5. The molecule has 0 unspecified atom stereocenters. The largest absolute Gasteiger partial charge is 0.494 e. The van der Waals surface area contributed by atoms with Crippen molar-refractivity contribution in [2.45, 2.75) is 34.1 Å². The average molecular weight is 464 g/mol. The number of hydrogen-bond donors (Lipinski definition) is 0. The number of carbonyl (C=O) groups excluding carboxylic acids is 3. The van der Waals surface area contributed by atoms with Gasteiger partial charge in [-0.3, -0.25) is 19.3 Å². The molecule has 2 heterocycles. The molecule has 1 fully saturated rings. The number of carbonyl (C=O) groups is 3. The molecule has 34 heavy (non-hydrogen) atoms. The first-order valence-corrected chi connectivity index (χ1v) is 12.0. The molecule has 2 aliphatic heterocycles. The SMILES string of the molecule is CCOc1ccc(N2C(=O)c3ccc(C(=O)N4CCN(CCC(C)(C)C)CC4)cc3C2=O)cc1. The molecular weight excluding hydrogens is 430 g/mol. The van der Waals surface area contributed by atoms with Gasteiger partial charge in [-0.15, -0.1) is 0 Å². The summed E-state index contributed by atoms with van der Waals surface area (Å²) < 4.78 is 5.44. The topological polar surface area (TPSA) is 70.2 Å². The molecule has 3 amide bonds. The fourth-order valence-corrected chi connectivity index (χ4v) is 4.32. The van der Waals surface area contributed by atoms with Crippen molar-refractivity contribution in [3.8, 4) is 5.75 Å². The molecule has 4 rings (SSSR count). The maximum atomic E-state index is 13.1. The highest BCUT2D eigenvalue weighted by Gasteiger charge is 2.37. The number of ether oxygens (including phenoxy) is 1. The third kappa shape index (κ3) is 4.99. The van der Waals surface area contributed by atoms with Gasteiger partial charge in [-0.25, -0.2) is 4.90 Å². The van der Waals surface area contributed by atoms with Crippen LogP contribution in [-0.4, -0.2) is 66.9 Å². The second kappa shape index (κ2) is 9.58. The van der Waals surface area contributed by atoms with E-state index in [4.69, 9.17) is 4.74 Å². The predicted molar refractivity (Wildman–Crippen MR) is 132 cm³/mol. The fraction of sp³-hybridized carbons (Fsp3) is 0.444. The van der Waals surface area contributed by atoms with Crippen molar-refractivity contribution < 1.29 is 19.1 Å². The lowest BCUT2D eigenvalue weighted by Gasteiger charge is -2.36. The highest BCUT2D eigenvalue weighted by Crippen LogP contribution is 2.30. The Morgan fingerprint density at radius 3 is 2.18 bits per heavy atom. The Balaban J connectivity index is 1.44. The summed E-state index contributed by atoms with van der Waals surface area (Å²) in [5.74, 6) is -0.214. The Morgan fingerprint density at radius 1 is 0.912 bits per heavy atom. The number of imide groups is 1. The lowest BCUT2D eigenvalue weighted by atomic mass is 9.92. The third-order valence-electron chi connectivity index (χ3n) is 6.38. The van der Waals surface area contributed by atoms with Crippen molar-refractivity contribution in [2.24, 2.45) is 5.41 Å². The van der Waals surface area contributed by atoms with E-state index in [0.29, 0.717) is 47.7 Å². The van der Waals surface area contributed by atoms with Crippen molar-refractivity contribution in [1.82, 2.24) is 9.80 Å². The summed E-state index contributed by atoms with van der Waals surface area (Å²) in [6.45, 7) is 13.2. The Labute approximate surface area is 201 Å². The van der Waals surface area contributed by atoms with E-state index < -0.39 is 5.91 Å². The van der Waals surface area contributed by atoms with Crippen molar-refractivity contribution in [3.63, 3.8) is 0 Å². The zero-order chi connectivity index (χ0) is 24.5. The molecule has 180 valence electrons. The number of hydrogen-bond acceptors (Lipinski definition) is 5. The van der Waals surface area contributed by atoms with Crippen LogP contribution in [0, 0.1) is 5.41 Å². The zero-order valence-corrected chi connectivity index (χ0v) is 20.5.